The molecule has 5 N–H and O–H groups in total. The summed E-state index contributed by atoms with van der Waals surface area (Å²) in [7, 11) is 2.06. The number of primary amides is 1. The lowest BCUT2D eigenvalue weighted by molar-refractivity contribution is -0.117. The molecule has 1 aromatic heterocycles. The van der Waals surface area contributed by atoms with E-state index in [1.165, 1.54) is 0 Å². The van der Waals surface area contributed by atoms with Crippen LogP contribution in [0.2, 0.25) is 0 Å². The van der Waals surface area contributed by atoms with Gasteiger partial charge in [-0.05, 0) is 91.5 Å². The van der Waals surface area contributed by atoms with Crippen molar-refractivity contribution >= 4 is 51.0 Å². The molecule has 0 aliphatic carbocycles. The van der Waals surface area contributed by atoms with Gasteiger partial charge in [0.05, 0.1) is 11.9 Å². The maximum absolute atomic E-state index is 13.4. The Morgan fingerprint density at radius 3 is 2.36 bits per heavy atom. The van der Waals surface area contributed by atoms with E-state index in [-0.39, 0.29) is 18.4 Å². The largest absolute Gasteiger partial charge is 0.369 e. The van der Waals surface area contributed by atoms with E-state index in [9.17, 15) is 14.4 Å². The minimum Gasteiger partial charge on any atom is -0.369 e. The van der Waals surface area contributed by atoms with Crippen molar-refractivity contribution in [3.05, 3.63) is 94.5 Å². The Labute approximate surface area is 262 Å². The molecular weight excluding hydrogens is 564 g/mol. The van der Waals surface area contributed by atoms with E-state index in [0.29, 0.717) is 24.3 Å². The molecule has 2 heterocycles. The first-order chi connectivity index (χ1) is 21.6. The molecule has 230 valence electrons. The van der Waals surface area contributed by atoms with Crippen molar-refractivity contribution in [1.82, 2.24) is 14.8 Å². The first-order valence-corrected chi connectivity index (χ1v) is 15.2. The molecule has 6 rings (SSSR count). The Morgan fingerprint density at radius 1 is 0.844 bits per heavy atom. The number of urea groups is 1. The van der Waals surface area contributed by atoms with Crippen LogP contribution in [0.5, 0.6) is 0 Å². The van der Waals surface area contributed by atoms with Crippen LogP contribution in [-0.2, 0) is 11.2 Å². The number of likely N-dealkylation sites (N-methyl/N-ethyl adjacent to an activating group) is 1. The van der Waals surface area contributed by atoms with Crippen molar-refractivity contribution in [3.63, 3.8) is 0 Å². The van der Waals surface area contributed by atoms with Gasteiger partial charge in [-0.25, -0.2) is 4.79 Å². The van der Waals surface area contributed by atoms with Crippen LogP contribution in [-0.4, -0.2) is 65.9 Å². The molecular formula is C36H38N6O3. The van der Waals surface area contributed by atoms with Gasteiger partial charge in [-0.1, -0.05) is 36.4 Å². The molecule has 9 heteroatoms. The van der Waals surface area contributed by atoms with Crippen LogP contribution >= 0.6 is 0 Å². The molecule has 0 unspecified atom stereocenters. The zero-order chi connectivity index (χ0) is 31.8. The predicted molar refractivity (Wildman–Crippen MR) is 181 cm³/mol. The average Bonchev–Trinajstić information content (AvgIpc) is 3.40. The van der Waals surface area contributed by atoms with E-state index in [1.807, 2.05) is 92.4 Å². The first kappa shape index (κ1) is 29.9. The molecule has 0 atom stereocenters. The van der Waals surface area contributed by atoms with Crippen LogP contribution in [0.25, 0.3) is 32.9 Å². The minimum absolute atomic E-state index is 0.00920. The summed E-state index contributed by atoms with van der Waals surface area (Å²) < 4.78 is 0. The maximum atomic E-state index is 13.4. The number of fused-ring (bicyclic) bond motifs is 3. The van der Waals surface area contributed by atoms with Crippen molar-refractivity contribution in [1.29, 1.82) is 0 Å². The van der Waals surface area contributed by atoms with Crippen LogP contribution in [0.15, 0.2) is 66.7 Å². The second-order valence-electron chi connectivity index (χ2n) is 12.0. The molecule has 0 bridgehead atoms. The highest BCUT2D eigenvalue weighted by Crippen LogP contribution is 2.39. The van der Waals surface area contributed by atoms with E-state index in [0.717, 1.165) is 74.0 Å². The van der Waals surface area contributed by atoms with E-state index < -0.39 is 5.91 Å². The molecule has 0 radical (unpaired) electrons. The molecule has 1 aliphatic heterocycles. The quantitative estimate of drug-likeness (QED) is 0.191. The van der Waals surface area contributed by atoms with Crippen molar-refractivity contribution in [2.75, 3.05) is 43.9 Å². The monoisotopic (exact) mass is 602 g/mol. The Kier molecular flexibility index (Phi) is 8.03. The number of aromatic nitrogens is 1. The van der Waals surface area contributed by atoms with Crippen LogP contribution in [0.4, 0.5) is 16.2 Å². The number of carbonyl (C=O) groups is 3. The topological polar surface area (TPSA) is 124 Å². The van der Waals surface area contributed by atoms with Crippen LogP contribution in [0, 0.1) is 20.8 Å². The highest BCUT2D eigenvalue weighted by atomic mass is 16.2. The summed E-state index contributed by atoms with van der Waals surface area (Å²) in [6, 6.07) is 21.0. The first-order valence-electron chi connectivity index (χ1n) is 15.2. The number of aromatic amines is 1. The maximum Gasteiger partial charge on any atom is 0.323 e. The Morgan fingerprint density at radius 2 is 1.62 bits per heavy atom. The predicted octanol–water partition coefficient (Wildman–Crippen LogP) is 5.97. The molecule has 1 fully saturated rings. The molecule has 0 saturated carbocycles. The number of aryl methyl sites for hydroxylation is 2. The van der Waals surface area contributed by atoms with Crippen molar-refractivity contribution in [2.45, 2.75) is 27.2 Å². The molecule has 0 spiro atoms. The molecule has 9 nitrogen and oxygen atoms in total. The number of piperazine rings is 1. The van der Waals surface area contributed by atoms with Crippen LogP contribution < -0.4 is 16.4 Å². The number of amides is 4. The Balaban J connectivity index is 1.38. The second-order valence-corrected chi connectivity index (χ2v) is 12.0. The number of hydrogen-bond donors (Lipinski definition) is 4. The number of carbonyl (C=O) groups excluding carboxylic acids is 3. The Bertz CT molecular complexity index is 1970. The number of rotatable bonds is 6. The summed E-state index contributed by atoms with van der Waals surface area (Å²) >= 11 is 0. The Hall–Kier alpha value is -5.15. The zero-order valence-corrected chi connectivity index (χ0v) is 26.1. The number of nitrogens with zero attached hydrogens (tertiary/aromatic N) is 2. The molecule has 5 aromatic rings. The van der Waals surface area contributed by atoms with Gasteiger partial charge in [0.2, 0.25) is 5.91 Å². The van der Waals surface area contributed by atoms with Gasteiger partial charge in [0.1, 0.15) is 0 Å². The summed E-state index contributed by atoms with van der Waals surface area (Å²) in [4.78, 5) is 46.0. The molecule has 4 aromatic carbocycles. The lowest BCUT2D eigenvalue weighted by Crippen LogP contribution is -2.47. The number of H-pyrrole nitrogens is 1. The van der Waals surface area contributed by atoms with Gasteiger partial charge in [-0.2, -0.15) is 0 Å². The SMILES string of the molecule is Cc1ccc(NC(=O)Nc2cccc(-c3ccc(CC(N)=O)c4[nH]c5cc(C(=O)N6CCN(C)CC6)ccc5c34)c2C)cc1C. The number of anilines is 2. The smallest absolute Gasteiger partial charge is 0.323 e. The van der Waals surface area contributed by atoms with Crippen molar-refractivity contribution in [2.24, 2.45) is 5.73 Å². The van der Waals surface area contributed by atoms with Gasteiger partial charge < -0.3 is 31.2 Å². The van der Waals surface area contributed by atoms with Crippen LogP contribution in [0.1, 0.15) is 32.6 Å². The van der Waals surface area contributed by atoms with E-state index in [1.54, 1.807) is 0 Å². The van der Waals surface area contributed by atoms with E-state index in [2.05, 4.69) is 27.6 Å². The summed E-state index contributed by atoms with van der Waals surface area (Å²) in [5.41, 5.74) is 15.1. The van der Waals surface area contributed by atoms with Gasteiger partial charge in [0, 0.05) is 59.4 Å². The highest BCUT2D eigenvalue weighted by molar-refractivity contribution is 6.17. The summed E-state index contributed by atoms with van der Waals surface area (Å²) in [6.07, 6.45) is 0.0793. The second kappa shape index (κ2) is 12.1. The molecule has 1 aliphatic rings. The van der Waals surface area contributed by atoms with Gasteiger partial charge in [-0.3, -0.25) is 9.59 Å². The third kappa shape index (κ3) is 5.99. The fourth-order valence-electron chi connectivity index (χ4n) is 6.12. The van der Waals surface area contributed by atoms with Gasteiger partial charge in [0.25, 0.3) is 5.91 Å². The lowest BCUT2D eigenvalue weighted by atomic mass is 9.92. The summed E-state index contributed by atoms with van der Waals surface area (Å²) in [5, 5.41) is 7.81. The zero-order valence-electron chi connectivity index (χ0n) is 26.1. The van der Waals surface area contributed by atoms with Crippen LogP contribution in [0.3, 0.4) is 0 Å². The van der Waals surface area contributed by atoms with E-state index in [4.69, 9.17) is 5.73 Å². The summed E-state index contributed by atoms with van der Waals surface area (Å²) in [5.74, 6) is -0.416. The van der Waals surface area contributed by atoms with E-state index >= 15 is 0 Å². The third-order valence-electron chi connectivity index (χ3n) is 8.88. The standard InChI is InChI=1S/C36H38N6O3/c1-21-8-11-26(18-22(21)2)38-36(45)40-30-7-5-6-27(23(30)3)28-12-9-24(20-32(37)43)34-33(28)29-13-10-25(19-31(29)39-34)35(44)42-16-14-41(4)15-17-42/h5-13,18-19,39H,14-17,20H2,1-4H3,(H2,37,43)(H2,38,40,45). The third-order valence-corrected chi connectivity index (χ3v) is 8.88. The lowest BCUT2D eigenvalue weighted by Gasteiger charge is -2.32. The van der Waals surface area contributed by atoms with Gasteiger partial charge in [0.15, 0.2) is 0 Å². The molecule has 4 amide bonds. The number of nitrogens with one attached hydrogen (secondary N) is 3. The van der Waals surface area contributed by atoms with Gasteiger partial charge >= 0.3 is 6.03 Å². The molecule has 1 saturated heterocycles. The molecule has 45 heavy (non-hydrogen) atoms. The number of nitrogens with two attached hydrogens (primary N) is 1. The number of hydrogen-bond acceptors (Lipinski definition) is 4. The normalized spacial score (nSPS) is 13.7. The fraction of sp³-hybridized carbons (Fsp3) is 0.250. The average molecular weight is 603 g/mol. The van der Waals surface area contributed by atoms with Crippen molar-refractivity contribution < 1.29 is 14.4 Å². The van der Waals surface area contributed by atoms with Gasteiger partial charge in [-0.15, -0.1) is 0 Å². The highest BCUT2D eigenvalue weighted by Gasteiger charge is 2.22. The number of benzene rings is 4. The summed E-state index contributed by atoms with van der Waals surface area (Å²) in [6.45, 7) is 9.11. The fourth-order valence-corrected chi connectivity index (χ4v) is 6.12. The minimum atomic E-state index is -0.425. The van der Waals surface area contributed by atoms with Crippen molar-refractivity contribution in [3.8, 4) is 11.1 Å².